The summed E-state index contributed by atoms with van der Waals surface area (Å²) in [6.45, 7) is 0. The van der Waals surface area contributed by atoms with Gasteiger partial charge in [0.05, 0.1) is 11.1 Å². The minimum Gasteiger partial charge on any atom is -0.872 e. The monoisotopic (exact) mass is 680 g/mol. The Morgan fingerprint density at radius 1 is 0.489 bits per heavy atom. The SMILES string of the molecule is CN(C)C=O.CN(C)C=O.O=C1c2cccc([O-])c2C(=O)c2c(O)cccc21.O=C1c2cccc([O-])c2C(=O)c2c(O)cccc21.[Fe+2]. The molecule has 0 atom stereocenters. The maximum absolute atomic E-state index is 12.2. The second-order valence-corrected chi connectivity index (χ2v) is 10.2. The number of hydrogen-bond acceptors (Lipinski definition) is 10. The van der Waals surface area contributed by atoms with Crippen molar-refractivity contribution in [2.75, 3.05) is 28.2 Å². The van der Waals surface area contributed by atoms with E-state index in [9.17, 15) is 49.2 Å². The molecule has 242 valence electrons. The molecule has 4 aromatic rings. The van der Waals surface area contributed by atoms with Gasteiger partial charge in [0.2, 0.25) is 12.8 Å². The van der Waals surface area contributed by atoms with Crippen molar-refractivity contribution in [2.24, 2.45) is 0 Å². The van der Waals surface area contributed by atoms with Crippen LogP contribution in [-0.2, 0) is 26.7 Å². The first-order valence-corrected chi connectivity index (χ1v) is 13.4. The first-order valence-electron chi connectivity index (χ1n) is 13.4. The second kappa shape index (κ2) is 16.0. The quantitative estimate of drug-likeness (QED) is 0.201. The fourth-order valence-corrected chi connectivity index (χ4v) is 4.39. The number of aromatic hydroxyl groups is 2. The van der Waals surface area contributed by atoms with Crippen molar-refractivity contribution in [3.05, 3.63) is 117 Å². The van der Waals surface area contributed by atoms with Crippen LogP contribution in [0, 0.1) is 0 Å². The zero-order chi connectivity index (χ0) is 34.3. The number of amides is 2. The maximum atomic E-state index is 12.2. The van der Waals surface area contributed by atoms with Crippen LogP contribution in [0.4, 0.5) is 0 Å². The molecule has 0 unspecified atom stereocenters. The molecule has 47 heavy (non-hydrogen) atoms. The molecule has 2 N–H and O–H groups in total. The molecule has 0 fully saturated rings. The van der Waals surface area contributed by atoms with Gasteiger partial charge in [0.25, 0.3) is 0 Å². The third-order valence-electron chi connectivity index (χ3n) is 6.45. The summed E-state index contributed by atoms with van der Waals surface area (Å²) in [5.74, 6) is -3.56. The third kappa shape index (κ3) is 7.90. The summed E-state index contributed by atoms with van der Waals surface area (Å²) in [4.78, 5) is 70.4. The summed E-state index contributed by atoms with van der Waals surface area (Å²) in [6, 6.07) is 16.8. The number of phenolic OH excluding ortho intramolecular Hbond substituents is 2. The molecule has 2 amide bonds. The maximum Gasteiger partial charge on any atom is 2.00 e. The summed E-state index contributed by atoms with van der Waals surface area (Å²) in [5, 5.41) is 42.7. The topological polar surface area (TPSA) is 195 Å². The molecule has 0 aliphatic heterocycles. The van der Waals surface area contributed by atoms with Gasteiger partial charge < -0.3 is 30.2 Å². The van der Waals surface area contributed by atoms with E-state index in [1.807, 2.05) is 0 Å². The van der Waals surface area contributed by atoms with Crippen LogP contribution in [0.2, 0.25) is 0 Å². The number of fused-ring (bicyclic) bond motifs is 4. The van der Waals surface area contributed by atoms with E-state index in [-0.39, 0.29) is 73.1 Å². The van der Waals surface area contributed by atoms with Gasteiger partial charge in [-0.05, 0) is 12.1 Å². The van der Waals surface area contributed by atoms with Crippen molar-refractivity contribution in [3.8, 4) is 23.0 Å². The average Bonchev–Trinajstić information content (AvgIpc) is 3.03. The van der Waals surface area contributed by atoms with Crippen LogP contribution in [-0.4, -0.2) is 84.2 Å². The zero-order valence-corrected chi connectivity index (χ0v) is 26.6. The van der Waals surface area contributed by atoms with Gasteiger partial charge in [-0.3, -0.25) is 28.8 Å². The summed E-state index contributed by atoms with van der Waals surface area (Å²) >= 11 is 0. The van der Waals surface area contributed by atoms with Crippen molar-refractivity contribution in [3.63, 3.8) is 0 Å². The molecule has 0 saturated carbocycles. The van der Waals surface area contributed by atoms with E-state index in [0.717, 1.165) is 12.8 Å². The minimum absolute atomic E-state index is 0. The van der Waals surface area contributed by atoms with Crippen LogP contribution in [0.5, 0.6) is 23.0 Å². The van der Waals surface area contributed by atoms with E-state index in [1.165, 1.54) is 82.6 Å². The number of phenols is 2. The van der Waals surface area contributed by atoms with Crippen LogP contribution in [0.3, 0.4) is 0 Å². The Hall–Kier alpha value is -5.78. The molecule has 0 saturated heterocycles. The fourth-order valence-electron chi connectivity index (χ4n) is 4.39. The largest absolute Gasteiger partial charge is 2.00 e. The van der Waals surface area contributed by atoms with E-state index in [4.69, 9.17) is 0 Å². The summed E-state index contributed by atoms with van der Waals surface area (Å²) in [5.41, 5.74) is -0.00278. The van der Waals surface area contributed by atoms with E-state index in [1.54, 1.807) is 28.2 Å². The van der Waals surface area contributed by atoms with Gasteiger partial charge in [0.15, 0.2) is 23.1 Å². The number of carbonyl (C=O) groups is 6. The van der Waals surface area contributed by atoms with E-state index in [0.29, 0.717) is 0 Å². The van der Waals surface area contributed by atoms with Crippen molar-refractivity contribution in [1.82, 2.24) is 9.80 Å². The van der Waals surface area contributed by atoms with Crippen LogP contribution < -0.4 is 10.2 Å². The first kappa shape index (κ1) is 37.4. The molecule has 2 aliphatic carbocycles. The van der Waals surface area contributed by atoms with Gasteiger partial charge in [-0.2, -0.15) is 0 Å². The zero-order valence-electron chi connectivity index (χ0n) is 25.5. The van der Waals surface area contributed by atoms with Gasteiger partial charge in [-0.25, -0.2) is 0 Å². The molecule has 6 rings (SSSR count). The summed E-state index contributed by atoms with van der Waals surface area (Å²) in [6.07, 6.45) is 1.50. The molecule has 12 nitrogen and oxygen atoms in total. The molecule has 0 spiro atoms. The van der Waals surface area contributed by atoms with E-state index < -0.39 is 34.6 Å². The Balaban J connectivity index is 0.000000251. The summed E-state index contributed by atoms with van der Waals surface area (Å²) in [7, 11) is 6.75. The Kier molecular flexibility index (Phi) is 12.7. The molecule has 0 heterocycles. The summed E-state index contributed by atoms with van der Waals surface area (Å²) < 4.78 is 0. The second-order valence-electron chi connectivity index (χ2n) is 10.2. The molecule has 13 heteroatoms. The Labute approximate surface area is 280 Å². The number of ketones is 4. The van der Waals surface area contributed by atoms with Crippen LogP contribution >= 0.6 is 0 Å². The molecule has 4 aromatic carbocycles. The average molecular weight is 680 g/mol. The molecule has 2 aliphatic rings. The number of nitrogens with zero attached hydrogens (tertiary/aromatic N) is 2. The van der Waals surface area contributed by atoms with E-state index >= 15 is 0 Å². The molecular weight excluding hydrogens is 652 g/mol. The van der Waals surface area contributed by atoms with Crippen molar-refractivity contribution in [2.45, 2.75) is 0 Å². The van der Waals surface area contributed by atoms with Gasteiger partial charge in [0.1, 0.15) is 11.5 Å². The molecule has 0 aromatic heterocycles. The van der Waals surface area contributed by atoms with Crippen molar-refractivity contribution < 1.29 is 66.3 Å². The number of hydrogen-bond donors (Lipinski definition) is 2. The predicted molar refractivity (Wildman–Crippen MR) is 161 cm³/mol. The molecule has 0 radical (unpaired) electrons. The smallest absolute Gasteiger partial charge is 0.872 e. The number of benzene rings is 4. The third-order valence-corrected chi connectivity index (χ3v) is 6.45. The Morgan fingerprint density at radius 3 is 1.02 bits per heavy atom. The first-order chi connectivity index (χ1) is 21.8. The minimum atomic E-state index is -0.594. The van der Waals surface area contributed by atoms with Gasteiger partial charge >= 0.3 is 17.1 Å². The van der Waals surface area contributed by atoms with Gasteiger partial charge in [-0.15, -0.1) is 0 Å². The van der Waals surface area contributed by atoms with Crippen LogP contribution in [0.15, 0.2) is 72.8 Å². The Morgan fingerprint density at radius 2 is 0.745 bits per heavy atom. The van der Waals surface area contributed by atoms with Crippen molar-refractivity contribution >= 4 is 36.0 Å². The fraction of sp³-hybridized carbons (Fsp3) is 0.118. The van der Waals surface area contributed by atoms with Crippen LogP contribution in [0.25, 0.3) is 0 Å². The number of carbonyl (C=O) groups excluding carboxylic acids is 6. The Bertz CT molecular complexity index is 1620. The van der Waals surface area contributed by atoms with Crippen molar-refractivity contribution in [1.29, 1.82) is 0 Å². The normalized spacial score (nSPS) is 11.5. The predicted octanol–water partition coefficient (Wildman–Crippen LogP) is 1.89. The molecular formula is C34H28FeN2O10. The molecule has 0 bridgehead atoms. The standard InChI is InChI=1S/2C14H8O4.2C3H7NO.Fe/c2*15-9-5-1-3-7-11(9)14(18)12-8(13(7)17)4-2-6-10(12)16;2*1-4(2)3-5;/h2*1-6,15-16H;2*3H,1-2H3;/q;;;;+2/p-2. The van der Waals surface area contributed by atoms with Gasteiger partial charge in [0, 0.05) is 61.6 Å². The van der Waals surface area contributed by atoms with Gasteiger partial charge in [-0.1, -0.05) is 72.2 Å². The van der Waals surface area contributed by atoms with Crippen LogP contribution in [0.1, 0.15) is 63.7 Å². The number of rotatable bonds is 2. The van der Waals surface area contributed by atoms with E-state index in [2.05, 4.69) is 0 Å².